The molecule has 1 rings (SSSR count). The van der Waals surface area contributed by atoms with Crippen molar-refractivity contribution in [2.24, 2.45) is 0 Å². The summed E-state index contributed by atoms with van der Waals surface area (Å²) in [5.41, 5.74) is -0.497. The second kappa shape index (κ2) is 6.21. The Kier molecular flexibility index (Phi) is 5.43. The zero-order chi connectivity index (χ0) is 13.8. The fourth-order valence-corrected chi connectivity index (χ4v) is 2.60. The molecule has 1 fully saturated rings. The van der Waals surface area contributed by atoms with Crippen molar-refractivity contribution in [2.45, 2.75) is 63.4 Å². The fourth-order valence-electron chi connectivity index (χ4n) is 2.60. The maximum Gasteiger partial charge on any atom is 0.411 e. The van der Waals surface area contributed by atoms with E-state index < -0.39 is 24.4 Å². The maximum atomic E-state index is 12.1. The van der Waals surface area contributed by atoms with Gasteiger partial charge in [-0.25, -0.2) is 0 Å². The average Bonchev–Trinajstić information content (AvgIpc) is 2.25. The van der Waals surface area contributed by atoms with E-state index in [2.05, 4.69) is 5.32 Å². The predicted octanol–water partition coefficient (Wildman–Crippen LogP) is 2.24. The van der Waals surface area contributed by atoms with Gasteiger partial charge in [-0.05, 0) is 25.7 Å². The summed E-state index contributed by atoms with van der Waals surface area (Å²) in [5.74, 6) is 0. The lowest BCUT2D eigenvalue weighted by atomic mass is 9.80. The molecular weight excluding hydrogens is 247 g/mol. The summed E-state index contributed by atoms with van der Waals surface area (Å²) in [7, 11) is 0. The second-order valence-corrected chi connectivity index (χ2v) is 5.38. The van der Waals surface area contributed by atoms with Gasteiger partial charge in [-0.15, -0.1) is 0 Å². The highest BCUT2D eigenvalue weighted by Crippen LogP contribution is 2.31. The zero-order valence-corrected chi connectivity index (χ0v) is 10.9. The van der Waals surface area contributed by atoms with Gasteiger partial charge in [0.2, 0.25) is 0 Å². The number of nitrogens with one attached hydrogen (secondary N) is 1. The molecule has 0 bridgehead atoms. The summed E-state index contributed by atoms with van der Waals surface area (Å²) in [4.78, 5) is 0. The minimum Gasteiger partial charge on any atom is -0.394 e. The molecule has 2 N–H and O–H groups in total. The Labute approximate surface area is 106 Å². The van der Waals surface area contributed by atoms with Crippen molar-refractivity contribution in [2.75, 3.05) is 13.2 Å². The van der Waals surface area contributed by atoms with Crippen LogP contribution in [0.4, 0.5) is 13.2 Å². The number of hydrogen-bond donors (Lipinski definition) is 2. The first-order valence-electron chi connectivity index (χ1n) is 6.33. The molecule has 1 aliphatic rings. The Morgan fingerprint density at radius 3 is 2.61 bits per heavy atom. The molecule has 0 amide bonds. The van der Waals surface area contributed by atoms with Gasteiger partial charge >= 0.3 is 6.18 Å². The van der Waals surface area contributed by atoms with Gasteiger partial charge < -0.3 is 15.2 Å². The van der Waals surface area contributed by atoms with Crippen LogP contribution in [0, 0.1) is 0 Å². The molecule has 0 aromatic heterocycles. The summed E-state index contributed by atoms with van der Waals surface area (Å²) in [5, 5.41) is 12.8. The van der Waals surface area contributed by atoms with E-state index in [1.165, 1.54) is 0 Å². The van der Waals surface area contributed by atoms with Crippen LogP contribution in [0.2, 0.25) is 0 Å². The summed E-state index contributed by atoms with van der Waals surface area (Å²) < 4.78 is 41.2. The number of rotatable bonds is 5. The summed E-state index contributed by atoms with van der Waals surface area (Å²) in [6, 6.07) is 0.179. The third kappa shape index (κ3) is 5.12. The molecule has 0 aromatic carbocycles. The largest absolute Gasteiger partial charge is 0.411 e. The van der Waals surface area contributed by atoms with E-state index in [1.54, 1.807) is 0 Å². The van der Waals surface area contributed by atoms with Crippen LogP contribution in [-0.4, -0.2) is 42.2 Å². The van der Waals surface area contributed by atoms with Crippen LogP contribution >= 0.6 is 0 Å². The van der Waals surface area contributed by atoms with Crippen molar-refractivity contribution in [1.82, 2.24) is 5.32 Å². The number of halogens is 3. The standard InChI is InChI=1S/C12H22F3NO2/c1-9(2)16-11(7-17)5-3-4-10(6-11)18-8-12(13,14)15/h9-10,16-17H,3-8H2,1-2H3. The molecule has 0 aliphatic heterocycles. The molecule has 0 radical (unpaired) electrons. The van der Waals surface area contributed by atoms with Crippen molar-refractivity contribution >= 4 is 0 Å². The Bertz CT molecular complexity index is 258. The topological polar surface area (TPSA) is 41.5 Å². The van der Waals surface area contributed by atoms with Crippen LogP contribution in [0.5, 0.6) is 0 Å². The molecule has 1 saturated carbocycles. The van der Waals surface area contributed by atoms with Crippen LogP contribution < -0.4 is 5.32 Å². The lowest BCUT2D eigenvalue weighted by Crippen LogP contribution is -2.55. The van der Waals surface area contributed by atoms with E-state index in [0.717, 1.165) is 12.8 Å². The number of ether oxygens (including phenoxy) is 1. The van der Waals surface area contributed by atoms with Gasteiger partial charge in [-0.1, -0.05) is 13.8 Å². The van der Waals surface area contributed by atoms with E-state index in [1.807, 2.05) is 13.8 Å². The molecule has 2 atom stereocenters. The highest BCUT2D eigenvalue weighted by atomic mass is 19.4. The predicted molar refractivity (Wildman–Crippen MR) is 62.4 cm³/mol. The Hall–Kier alpha value is -0.330. The van der Waals surface area contributed by atoms with Gasteiger partial charge in [0.05, 0.1) is 12.7 Å². The summed E-state index contributed by atoms with van der Waals surface area (Å²) in [6.45, 7) is 2.63. The monoisotopic (exact) mass is 269 g/mol. The van der Waals surface area contributed by atoms with Gasteiger partial charge in [0.1, 0.15) is 6.61 Å². The Balaban J connectivity index is 2.53. The lowest BCUT2D eigenvalue weighted by Gasteiger charge is -2.41. The first kappa shape index (κ1) is 15.7. The first-order valence-corrected chi connectivity index (χ1v) is 6.33. The molecule has 108 valence electrons. The molecule has 0 heterocycles. The van der Waals surface area contributed by atoms with Crippen molar-refractivity contribution in [3.8, 4) is 0 Å². The number of aliphatic hydroxyl groups is 1. The van der Waals surface area contributed by atoms with Crippen LogP contribution in [0.25, 0.3) is 0 Å². The van der Waals surface area contributed by atoms with Gasteiger partial charge in [-0.2, -0.15) is 13.2 Å². The van der Waals surface area contributed by atoms with Gasteiger partial charge in [0, 0.05) is 11.6 Å². The van der Waals surface area contributed by atoms with Crippen LogP contribution in [0.1, 0.15) is 39.5 Å². The molecule has 1 aliphatic carbocycles. The van der Waals surface area contributed by atoms with Gasteiger partial charge in [-0.3, -0.25) is 0 Å². The maximum absolute atomic E-state index is 12.1. The van der Waals surface area contributed by atoms with E-state index in [4.69, 9.17) is 4.74 Å². The first-order chi connectivity index (χ1) is 8.26. The minimum atomic E-state index is -4.29. The number of alkyl halides is 3. The van der Waals surface area contributed by atoms with Gasteiger partial charge in [0.25, 0.3) is 0 Å². The molecular formula is C12H22F3NO2. The molecule has 18 heavy (non-hydrogen) atoms. The minimum absolute atomic E-state index is 0.0724. The molecule has 6 heteroatoms. The van der Waals surface area contributed by atoms with Crippen LogP contribution in [0.3, 0.4) is 0 Å². The number of aliphatic hydroxyl groups excluding tert-OH is 1. The van der Waals surface area contributed by atoms with Crippen molar-refractivity contribution in [3.63, 3.8) is 0 Å². The molecule has 2 unspecified atom stereocenters. The third-order valence-electron chi connectivity index (χ3n) is 3.18. The third-order valence-corrected chi connectivity index (χ3v) is 3.18. The average molecular weight is 269 g/mol. The van der Waals surface area contributed by atoms with E-state index in [9.17, 15) is 18.3 Å². The lowest BCUT2D eigenvalue weighted by molar-refractivity contribution is -0.191. The molecule has 0 spiro atoms. The summed E-state index contributed by atoms with van der Waals surface area (Å²) >= 11 is 0. The Morgan fingerprint density at radius 2 is 2.11 bits per heavy atom. The van der Waals surface area contributed by atoms with E-state index in [0.29, 0.717) is 12.8 Å². The van der Waals surface area contributed by atoms with E-state index in [-0.39, 0.29) is 12.6 Å². The summed E-state index contributed by atoms with van der Waals surface area (Å²) in [6.07, 6.45) is -2.13. The van der Waals surface area contributed by atoms with Gasteiger partial charge in [0.15, 0.2) is 0 Å². The van der Waals surface area contributed by atoms with Crippen molar-refractivity contribution < 1.29 is 23.0 Å². The smallest absolute Gasteiger partial charge is 0.394 e. The Morgan fingerprint density at radius 1 is 1.44 bits per heavy atom. The fraction of sp³-hybridized carbons (Fsp3) is 1.00. The molecule has 0 aromatic rings. The molecule has 3 nitrogen and oxygen atoms in total. The van der Waals surface area contributed by atoms with Crippen molar-refractivity contribution in [1.29, 1.82) is 0 Å². The highest BCUT2D eigenvalue weighted by molar-refractivity contribution is 4.94. The quantitative estimate of drug-likeness (QED) is 0.804. The molecule has 0 saturated heterocycles. The van der Waals surface area contributed by atoms with Crippen molar-refractivity contribution in [3.05, 3.63) is 0 Å². The normalized spacial score (nSPS) is 29.8. The SMILES string of the molecule is CC(C)NC1(CO)CCCC(OCC(F)(F)F)C1. The van der Waals surface area contributed by atoms with E-state index >= 15 is 0 Å². The van der Waals surface area contributed by atoms with Crippen LogP contribution in [0.15, 0.2) is 0 Å². The highest BCUT2D eigenvalue weighted by Gasteiger charge is 2.38. The second-order valence-electron chi connectivity index (χ2n) is 5.38. The zero-order valence-electron chi connectivity index (χ0n) is 10.9. The van der Waals surface area contributed by atoms with Crippen LogP contribution in [-0.2, 0) is 4.74 Å². The number of hydrogen-bond acceptors (Lipinski definition) is 3.